The summed E-state index contributed by atoms with van der Waals surface area (Å²) in [7, 11) is 0. The van der Waals surface area contributed by atoms with Crippen LogP contribution in [0, 0.1) is 0 Å². The van der Waals surface area contributed by atoms with Gasteiger partial charge in [-0.05, 0) is 48.9 Å². The molecule has 3 aromatic rings. The monoisotopic (exact) mass is 390 g/mol. The first kappa shape index (κ1) is 20.1. The Kier molecular flexibility index (Phi) is 7.00. The Labute approximate surface area is 169 Å². The average Bonchev–Trinajstić information content (AvgIpc) is 2.75. The van der Waals surface area contributed by atoms with E-state index < -0.39 is 11.9 Å². The van der Waals surface area contributed by atoms with Gasteiger partial charge in [0.2, 0.25) is 0 Å². The van der Waals surface area contributed by atoms with Gasteiger partial charge in [-0.1, -0.05) is 42.5 Å². The van der Waals surface area contributed by atoms with Crippen LogP contribution in [-0.2, 0) is 11.2 Å². The Morgan fingerprint density at radius 3 is 2.21 bits per heavy atom. The zero-order valence-electron chi connectivity index (χ0n) is 16.2. The molecule has 0 saturated heterocycles. The number of benzene rings is 3. The number of esters is 2. The minimum atomic E-state index is -0.521. The predicted molar refractivity (Wildman–Crippen MR) is 109 cm³/mol. The fourth-order valence-electron chi connectivity index (χ4n) is 2.73. The molecule has 0 aliphatic carbocycles. The molecule has 0 unspecified atom stereocenters. The van der Waals surface area contributed by atoms with E-state index >= 15 is 0 Å². The summed E-state index contributed by atoms with van der Waals surface area (Å²) in [5.41, 5.74) is 1.85. The summed E-state index contributed by atoms with van der Waals surface area (Å²) in [6.45, 7) is 2.60. The van der Waals surface area contributed by atoms with Crippen molar-refractivity contribution in [3.05, 3.63) is 95.6 Å². The molecule has 0 atom stereocenters. The molecule has 0 fully saturated rings. The summed E-state index contributed by atoms with van der Waals surface area (Å²) in [6, 6.07) is 23.0. The van der Waals surface area contributed by atoms with Crippen LogP contribution < -0.4 is 9.47 Å². The van der Waals surface area contributed by atoms with Gasteiger partial charge >= 0.3 is 11.9 Å². The molecule has 0 aliphatic heterocycles. The van der Waals surface area contributed by atoms with Crippen molar-refractivity contribution >= 4 is 11.9 Å². The van der Waals surface area contributed by atoms with Gasteiger partial charge in [-0.25, -0.2) is 9.59 Å². The normalized spacial score (nSPS) is 10.2. The van der Waals surface area contributed by atoms with Crippen LogP contribution in [0.4, 0.5) is 0 Å². The molecule has 0 aliphatic rings. The van der Waals surface area contributed by atoms with E-state index in [-0.39, 0.29) is 0 Å². The molecule has 0 spiro atoms. The molecule has 0 saturated carbocycles. The number of para-hydroxylation sites is 1. The van der Waals surface area contributed by atoms with Crippen molar-refractivity contribution in [3.63, 3.8) is 0 Å². The largest absolute Gasteiger partial charge is 0.493 e. The molecule has 0 heterocycles. The van der Waals surface area contributed by atoms with Crippen LogP contribution in [-0.4, -0.2) is 25.2 Å². The fraction of sp³-hybridized carbons (Fsp3) is 0.167. The lowest BCUT2D eigenvalue weighted by Gasteiger charge is -2.10. The summed E-state index contributed by atoms with van der Waals surface area (Å²) in [5.74, 6) is -0.131. The number of ether oxygens (including phenoxy) is 3. The molecule has 0 aromatic heterocycles. The van der Waals surface area contributed by atoms with Gasteiger partial charge < -0.3 is 14.2 Å². The zero-order chi connectivity index (χ0) is 20.5. The van der Waals surface area contributed by atoms with Crippen molar-refractivity contribution in [2.45, 2.75) is 13.3 Å². The van der Waals surface area contributed by atoms with Gasteiger partial charge in [0.1, 0.15) is 17.1 Å². The smallest absolute Gasteiger partial charge is 0.347 e. The lowest BCUT2D eigenvalue weighted by atomic mass is 10.2. The Hall–Kier alpha value is -3.60. The number of carbonyl (C=O) groups is 2. The van der Waals surface area contributed by atoms with E-state index in [4.69, 9.17) is 14.2 Å². The van der Waals surface area contributed by atoms with Crippen molar-refractivity contribution in [2.75, 3.05) is 13.2 Å². The van der Waals surface area contributed by atoms with Gasteiger partial charge in [0.15, 0.2) is 0 Å². The van der Waals surface area contributed by atoms with Crippen molar-refractivity contribution in [1.82, 2.24) is 0 Å². The molecular formula is C24H22O5. The maximum Gasteiger partial charge on any atom is 0.347 e. The fourth-order valence-corrected chi connectivity index (χ4v) is 2.73. The van der Waals surface area contributed by atoms with Crippen molar-refractivity contribution in [3.8, 4) is 11.5 Å². The number of hydrogen-bond acceptors (Lipinski definition) is 5. The average molecular weight is 390 g/mol. The Morgan fingerprint density at radius 1 is 0.793 bits per heavy atom. The summed E-state index contributed by atoms with van der Waals surface area (Å²) >= 11 is 0. The van der Waals surface area contributed by atoms with Gasteiger partial charge in [-0.3, -0.25) is 0 Å². The maximum absolute atomic E-state index is 12.4. The van der Waals surface area contributed by atoms with E-state index in [0.717, 1.165) is 5.56 Å². The maximum atomic E-state index is 12.4. The molecule has 0 radical (unpaired) electrons. The first-order valence-corrected chi connectivity index (χ1v) is 9.42. The van der Waals surface area contributed by atoms with Crippen LogP contribution in [0.15, 0.2) is 78.9 Å². The van der Waals surface area contributed by atoms with Gasteiger partial charge in [0, 0.05) is 6.42 Å². The molecule has 0 bridgehead atoms. The summed E-state index contributed by atoms with van der Waals surface area (Å²) < 4.78 is 16.1. The Bertz CT molecular complexity index is 949. The second kappa shape index (κ2) is 10.1. The Morgan fingerprint density at radius 2 is 1.48 bits per heavy atom. The zero-order valence-corrected chi connectivity index (χ0v) is 16.2. The van der Waals surface area contributed by atoms with E-state index in [0.29, 0.717) is 42.3 Å². The Balaban J connectivity index is 1.55. The highest BCUT2D eigenvalue weighted by Crippen LogP contribution is 2.21. The van der Waals surface area contributed by atoms with Crippen molar-refractivity contribution in [1.29, 1.82) is 0 Å². The third-order valence-corrected chi connectivity index (χ3v) is 4.17. The van der Waals surface area contributed by atoms with Crippen LogP contribution in [0.25, 0.3) is 0 Å². The molecule has 29 heavy (non-hydrogen) atoms. The molecule has 0 N–H and O–H groups in total. The topological polar surface area (TPSA) is 61.8 Å². The van der Waals surface area contributed by atoms with Crippen molar-refractivity contribution < 1.29 is 23.8 Å². The first-order chi connectivity index (χ1) is 14.2. The molecule has 3 rings (SSSR count). The molecule has 5 heteroatoms. The van der Waals surface area contributed by atoms with Crippen molar-refractivity contribution in [2.24, 2.45) is 0 Å². The first-order valence-electron chi connectivity index (χ1n) is 9.42. The van der Waals surface area contributed by atoms with Gasteiger partial charge in [-0.15, -0.1) is 0 Å². The van der Waals surface area contributed by atoms with E-state index in [1.54, 1.807) is 48.5 Å². The second-order valence-electron chi connectivity index (χ2n) is 6.21. The quantitative estimate of drug-likeness (QED) is 0.412. The van der Waals surface area contributed by atoms with Crippen LogP contribution in [0.1, 0.15) is 33.2 Å². The summed E-state index contributed by atoms with van der Waals surface area (Å²) in [5, 5.41) is 0. The van der Waals surface area contributed by atoms with Gasteiger partial charge in [0.05, 0.1) is 18.8 Å². The number of hydrogen-bond donors (Lipinski definition) is 0. The van der Waals surface area contributed by atoms with E-state index in [1.807, 2.05) is 37.3 Å². The molecule has 148 valence electrons. The highest BCUT2D eigenvalue weighted by Gasteiger charge is 2.15. The van der Waals surface area contributed by atoms with Crippen LogP contribution >= 0.6 is 0 Å². The van der Waals surface area contributed by atoms with Crippen LogP contribution in [0.2, 0.25) is 0 Å². The SMILES string of the molecule is CCOc1ccccc1C(=O)Oc1ccc(C(=O)OCCc2ccccc2)cc1. The van der Waals surface area contributed by atoms with Gasteiger partial charge in [-0.2, -0.15) is 0 Å². The number of carbonyl (C=O) groups excluding carboxylic acids is 2. The second-order valence-corrected chi connectivity index (χ2v) is 6.21. The lowest BCUT2D eigenvalue weighted by molar-refractivity contribution is 0.0509. The third-order valence-electron chi connectivity index (χ3n) is 4.17. The summed E-state index contributed by atoms with van der Waals surface area (Å²) in [4.78, 5) is 24.6. The van der Waals surface area contributed by atoms with E-state index in [2.05, 4.69) is 0 Å². The number of rotatable bonds is 8. The van der Waals surface area contributed by atoms with Crippen LogP contribution in [0.3, 0.4) is 0 Å². The van der Waals surface area contributed by atoms with E-state index in [1.165, 1.54) is 0 Å². The van der Waals surface area contributed by atoms with E-state index in [9.17, 15) is 9.59 Å². The highest BCUT2D eigenvalue weighted by molar-refractivity contribution is 5.94. The molecular weight excluding hydrogens is 368 g/mol. The summed E-state index contributed by atoms with van der Waals surface area (Å²) in [6.07, 6.45) is 0.654. The molecule has 3 aromatic carbocycles. The minimum absolute atomic E-state index is 0.299. The highest BCUT2D eigenvalue weighted by atomic mass is 16.5. The lowest BCUT2D eigenvalue weighted by Crippen LogP contribution is -2.11. The predicted octanol–water partition coefficient (Wildman–Crippen LogP) is 4.70. The molecule has 0 amide bonds. The van der Waals surface area contributed by atoms with Crippen LogP contribution in [0.5, 0.6) is 11.5 Å². The molecule has 5 nitrogen and oxygen atoms in total. The third kappa shape index (κ3) is 5.69. The standard InChI is InChI=1S/C24H22O5/c1-2-27-22-11-7-6-10-21(22)24(26)29-20-14-12-19(13-15-20)23(25)28-17-16-18-8-4-3-5-9-18/h3-15H,2,16-17H2,1H3. The minimum Gasteiger partial charge on any atom is -0.493 e. The van der Waals surface area contributed by atoms with Gasteiger partial charge in [0.25, 0.3) is 0 Å².